The zero-order valence-electron chi connectivity index (χ0n) is 11.9. The lowest BCUT2D eigenvalue weighted by Crippen LogP contribution is -2.51. The second-order valence-electron chi connectivity index (χ2n) is 5.56. The van der Waals surface area contributed by atoms with Gasteiger partial charge in [-0.3, -0.25) is 4.90 Å². The molecule has 1 fully saturated rings. The molecule has 1 aliphatic rings. The molecule has 0 spiro atoms. The van der Waals surface area contributed by atoms with Crippen molar-refractivity contribution in [3.8, 4) is 0 Å². The highest BCUT2D eigenvalue weighted by Gasteiger charge is 2.27. The molecule has 0 radical (unpaired) electrons. The van der Waals surface area contributed by atoms with E-state index in [0.29, 0.717) is 12.1 Å². The number of hydrogen-bond donors (Lipinski definition) is 1. The van der Waals surface area contributed by atoms with Gasteiger partial charge in [-0.1, -0.05) is 13.8 Å². The van der Waals surface area contributed by atoms with Gasteiger partial charge in [0.15, 0.2) is 0 Å². The van der Waals surface area contributed by atoms with E-state index in [0.717, 1.165) is 24.6 Å². The zero-order valence-corrected chi connectivity index (χ0v) is 11.9. The van der Waals surface area contributed by atoms with Crippen LogP contribution in [0.25, 0.3) is 0 Å². The van der Waals surface area contributed by atoms with Gasteiger partial charge in [0.1, 0.15) is 5.76 Å². The number of piperidine rings is 1. The third-order valence-electron chi connectivity index (χ3n) is 4.10. The summed E-state index contributed by atoms with van der Waals surface area (Å²) in [4.78, 5) is 2.60. The minimum Gasteiger partial charge on any atom is -0.469 e. The van der Waals surface area contributed by atoms with Gasteiger partial charge in [0.05, 0.1) is 6.26 Å². The van der Waals surface area contributed by atoms with Crippen molar-refractivity contribution < 1.29 is 4.42 Å². The van der Waals surface area contributed by atoms with Gasteiger partial charge in [-0.2, -0.15) is 0 Å². The molecule has 2 heterocycles. The maximum atomic E-state index is 5.44. The average molecular weight is 250 g/mol. The van der Waals surface area contributed by atoms with E-state index in [-0.39, 0.29) is 0 Å². The normalized spacial score (nSPS) is 27.3. The van der Waals surface area contributed by atoms with E-state index >= 15 is 0 Å². The number of hydrogen-bond acceptors (Lipinski definition) is 3. The van der Waals surface area contributed by atoms with Crippen molar-refractivity contribution >= 4 is 0 Å². The molecule has 1 aliphatic heterocycles. The first kappa shape index (κ1) is 13.6. The third-order valence-corrected chi connectivity index (χ3v) is 4.10. The minimum absolute atomic E-state index is 0.571. The van der Waals surface area contributed by atoms with Crippen LogP contribution in [0.5, 0.6) is 0 Å². The van der Waals surface area contributed by atoms with Gasteiger partial charge in [0.25, 0.3) is 0 Å². The Morgan fingerprint density at radius 2 is 2.39 bits per heavy atom. The summed E-state index contributed by atoms with van der Waals surface area (Å²) in [5.41, 5.74) is 0. The lowest BCUT2D eigenvalue weighted by Gasteiger charge is -2.40. The Bertz CT molecular complexity index is 336. The van der Waals surface area contributed by atoms with Gasteiger partial charge in [-0.05, 0) is 44.5 Å². The van der Waals surface area contributed by atoms with Gasteiger partial charge in [-0.15, -0.1) is 0 Å². The molecule has 3 unspecified atom stereocenters. The molecule has 1 aromatic rings. The SMILES string of the molecule is CCNC1CCN(C(C)Cc2ccco2)CC1C. The first-order valence-electron chi connectivity index (χ1n) is 7.20. The van der Waals surface area contributed by atoms with Crippen LogP contribution >= 0.6 is 0 Å². The highest BCUT2D eigenvalue weighted by Crippen LogP contribution is 2.20. The Kier molecular flexibility index (Phi) is 4.84. The van der Waals surface area contributed by atoms with Gasteiger partial charge in [-0.25, -0.2) is 0 Å². The maximum Gasteiger partial charge on any atom is 0.105 e. The van der Waals surface area contributed by atoms with Gasteiger partial charge in [0.2, 0.25) is 0 Å². The first-order valence-corrected chi connectivity index (χ1v) is 7.20. The van der Waals surface area contributed by atoms with E-state index in [4.69, 9.17) is 4.42 Å². The smallest absolute Gasteiger partial charge is 0.105 e. The zero-order chi connectivity index (χ0) is 13.0. The summed E-state index contributed by atoms with van der Waals surface area (Å²) in [5, 5.41) is 3.59. The second-order valence-corrected chi connectivity index (χ2v) is 5.56. The van der Waals surface area contributed by atoms with E-state index in [9.17, 15) is 0 Å². The molecule has 3 atom stereocenters. The van der Waals surface area contributed by atoms with Crippen molar-refractivity contribution in [2.45, 2.75) is 45.7 Å². The van der Waals surface area contributed by atoms with Crippen LogP contribution in [0.4, 0.5) is 0 Å². The highest BCUT2D eigenvalue weighted by atomic mass is 16.3. The number of rotatable bonds is 5. The predicted octanol–water partition coefficient (Wildman–Crippen LogP) is 2.53. The van der Waals surface area contributed by atoms with Crippen molar-refractivity contribution in [1.82, 2.24) is 10.2 Å². The quantitative estimate of drug-likeness (QED) is 0.870. The summed E-state index contributed by atoms with van der Waals surface area (Å²) in [6.07, 6.45) is 4.05. The van der Waals surface area contributed by atoms with Crippen molar-refractivity contribution in [1.29, 1.82) is 0 Å². The molecule has 102 valence electrons. The van der Waals surface area contributed by atoms with Crippen LogP contribution in [0.15, 0.2) is 22.8 Å². The Morgan fingerprint density at radius 3 is 3.00 bits per heavy atom. The molecule has 0 amide bonds. The molecule has 0 bridgehead atoms. The number of nitrogens with zero attached hydrogens (tertiary/aromatic N) is 1. The van der Waals surface area contributed by atoms with Crippen LogP contribution in [0.1, 0.15) is 33.0 Å². The molecular formula is C15H26N2O. The maximum absolute atomic E-state index is 5.44. The summed E-state index contributed by atoms with van der Waals surface area (Å²) in [6.45, 7) is 10.3. The summed E-state index contributed by atoms with van der Waals surface area (Å²) in [6, 6.07) is 5.32. The predicted molar refractivity (Wildman–Crippen MR) is 74.7 cm³/mol. The minimum atomic E-state index is 0.571. The monoisotopic (exact) mass is 250 g/mol. The van der Waals surface area contributed by atoms with Gasteiger partial charge >= 0.3 is 0 Å². The first-order chi connectivity index (χ1) is 8.70. The largest absolute Gasteiger partial charge is 0.469 e. The highest BCUT2D eigenvalue weighted by molar-refractivity contribution is 5.00. The van der Waals surface area contributed by atoms with E-state index in [1.807, 2.05) is 6.07 Å². The molecular weight excluding hydrogens is 224 g/mol. The average Bonchev–Trinajstić information content (AvgIpc) is 2.84. The molecule has 18 heavy (non-hydrogen) atoms. The van der Waals surface area contributed by atoms with E-state index < -0.39 is 0 Å². The molecule has 0 saturated carbocycles. The lowest BCUT2D eigenvalue weighted by atomic mass is 9.92. The Labute approximate surface area is 111 Å². The molecule has 0 aliphatic carbocycles. The van der Waals surface area contributed by atoms with E-state index in [1.165, 1.54) is 19.5 Å². The summed E-state index contributed by atoms with van der Waals surface area (Å²) >= 11 is 0. The van der Waals surface area contributed by atoms with Crippen LogP contribution < -0.4 is 5.32 Å². The van der Waals surface area contributed by atoms with Crippen LogP contribution in [0, 0.1) is 5.92 Å². The molecule has 0 aromatic carbocycles. The summed E-state index contributed by atoms with van der Waals surface area (Å²) in [7, 11) is 0. The molecule has 1 saturated heterocycles. The van der Waals surface area contributed by atoms with Crippen LogP contribution in [0.2, 0.25) is 0 Å². The van der Waals surface area contributed by atoms with Crippen molar-refractivity contribution in [3.63, 3.8) is 0 Å². The second kappa shape index (κ2) is 6.39. The van der Waals surface area contributed by atoms with Crippen LogP contribution in [-0.2, 0) is 6.42 Å². The Hall–Kier alpha value is -0.800. The fourth-order valence-corrected chi connectivity index (χ4v) is 2.99. The fraction of sp³-hybridized carbons (Fsp3) is 0.733. The number of nitrogens with one attached hydrogen (secondary N) is 1. The Balaban J connectivity index is 1.84. The molecule has 3 heteroatoms. The Morgan fingerprint density at radius 1 is 1.56 bits per heavy atom. The van der Waals surface area contributed by atoms with Gasteiger partial charge in [0, 0.05) is 25.0 Å². The lowest BCUT2D eigenvalue weighted by molar-refractivity contribution is 0.109. The number of likely N-dealkylation sites (tertiary alicyclic amines) is 1. The van der Waals surface area contributed by atoms with E-state index in [1.54, 1.807) is 6.26 Å². The molecule has 3 nitrogen and oxygen atoms in total. The van der Waals surface area contributed by atoms with Crippen molar-refractivity contribution in [2.75, 3.05) is 19.6 Å². The van der Waals surface area contributed by atoms with Crippen molar-refractivity contribution in [2.24, 2.45) is 5.92 Å². The van der Waals surface area contributed by atoms with E-state index in [2.05, 4.69) is 37.1 Å². The third kappa shape index (κ3) is 3.36. The van der Waals surface area contributed by atoms with Crippen molar-refractivity contribution in [3.05, 3.63) is 24.2 Å². The topological polar surface area (TPSA) is 28.4 Å². The molecule has 2 rings (SSSR count). The summed E-state index contributed by atoms with van der Waals surface area (Å²) < 4.78 is 5.44. The van der Waals surface area contributed by atoms with Crippen LogP contribution in [0.3, 0.4) is 0 Å². The number of furan rings is 1. The fourth-order valence-electron chi connectivity index (χ4n) is 2.99. The standard InChI is InChI=1S/C15H26N2O/c1-4-16-15-7-8-17(11-12(15)2)13(3)10-14-6-5-9-18-14/h5-6,9,12-13,15-16H,4,7-8,10-11H2,1-3H3. The molecule has 1 aromatic heterocycles. The van der Waals surface area contributed by atoms with Gasteiger partial charge < -0.3 is 9.73 Å². The molecule has 1 N–H and O–H groups in total. The summed E-state index contributed by atoms with van der Waals surface area (Å²) in [5.74, 6) is 1.83. The van der Waals surface area contributed by atoms with Crippen LogP contribution in [-0.4, -0.2) is 36.6 Å².